The molecule has 1 heterocycles. The summed E-state index contributed by atoms with van der Waals surface area (Å²) in [5, 5.41) is 12.8. The van der Waals surface area contributed by atoms with Crippen LogP contribution in [-0.2, 0) is 9.59 Å². The van der Waals surface area contributed by atoms with Crippen LogP contribution in [0.25, 0.3) is 0 Å². The van der Waals surface area contributed by atoms with Gasteiger partial charge in [-0.05, 0) is 43.5 Å². The van der Waals surface area contributed by atoms with E-state index in [0.717, 1.165) is 5.69 Å². The lowest BCUT2D eigenvalue weighted by molar-refractivity contribution is -0.132. The number of halogens is 1. The molecular weight excluding hydrogens is 304 g/mol. The SMILES string of the molecule is CCC(O)CCNC(=O)C1CCN(c2ccc(Cl)cc2)C1=O. The predicted octanol–water partition coefficient (Wildman–Crippen LogP) is 1.97. The Labute approximate surface area is 135 Å². The van der Waals surface area contributed by atoms with Crippen LogP contribution < -0.4 is 10.2 Å². The minimum absolute atomic E-state index is 0.184. The second-order valence-electron chi connectivity index (χ2n) is 5.45. The molecule has 2 N–H and O–H groups in total. The van der Waals surface area contributed by atoms with Crippen molar-refractivity contribution in [1.82, 2.24) is 5.32 Å². The monoisotopic (exact) mass is 324 g/mol. The van der Waals surface area contributed by atoms with Gasteiger partial charge in [0.2, 0.25) is 11.8 Å². The Morgan fingerprint density at radius 3 is 2.77 bits per heavy atom. The molecule has 0 saturated carbocycles. The van der Waals surface area contributed by atoms with Crippen LogP contribution in [-0.4, -0.2) is 36.1 Å². The van der Waals surface area contributed by atoms with Crippen molar-refractivity contribution in [3.05, 3.63) is 29.3 Å². The molecule has 2 amide bonds. The zero-order valence-electron chi connectivity index (χ0n) is 12.6. The summed E-state index contributed by atoms with van der Waals surface area (Å²) in [4.78, 5) is 26.1. The summed E-state index contributed by atoms with van der Waals surface area (Å²) in [6.45, 7) is 2.80. The van der Waals surface area contributed by atoms with E-state index in [4.69, 9.17) is 11.6 Å². The van der Waals surface area contributed by atoms with Gasteiger partial charge in [-0.25, -0.2) is 0 Å². The van der Waals surface area contributed by atoms with Gasteiger partial charge in [0.05, 0.1) is 6.10 Å². The average Bonchev–Trinajstić information content (AvgIpc) is 2.89. The van der Waals surface area contributed by atoms with Gasteiger partial charge in [-0.2, -0.15) is 0 Å². The lowest BCUT2D eigenvalue weighted by atomic mass is 10.1. The molecule has 1 aliphatic rings. The van der Waals surface area contributed by atoms with Crippen molar-refractivity contribution in [2.75, 3.05) is 18.0 Å². The normalized spacial score (nSPS) is 19.3. The minimum Gasteiger partial charge on any atom is -0.393 e. The van der Waals surface area contributed by atoms with Crippen molar-refractivity contribution in [2.24, 2.45) is 5.92 Å². The number of hydrogen-bond donors (Lipinski definition) is 2. The third-order valence-electron chi connectivity index (χ3n) is 3.91. The predicted molar refractivity (Wildman–Crippen MR) is 85.8 cm³/mol. The van der Waals surface area contributed by atoms with Crippen LogP contribution in [0.2, 0.25) is 5.02 Å². The van der Waals surface area contributed by atoms with Gasteiger partial charge in [-0.1, -0.05) is 18.5 Å². The highest BCUT2D eigenvalue weighted by Crippen LogP contribution is 2.26. The summed E-state index contributed by atoms with van der Waals surface area (Å²) < 4.78 is 0. The Kier molecular flexibility index (Phi) is 5.80. The second kappa shape index (κ2) is 7.61. The third kappa shape index (κ3) is 3.99. The number of rotatable bonds is 6. The highest BCUT2D eigenvalue weighted by Gasteiger charge is 2.37. The molecule has 0 spiro atoms. The molecule has 1 aliphatic heterocycles. The van der Waals surface area contributed by atoms with Crippen LogP contribution in [0.5, 0.6) is 0 Å². The number of nitrogens with one attached hydrogen (secondary N) is 1. The topological polar surface area (TPSA) is 69.6 Å². The number of hydrogen-bond acceptors (Lipinski definition) is 3. The van der Waals surface area contributed by atoms with Crippen LogP contribution in [0, 0.1) is 5.92 Å². The first-order valence-corrected chi connectivity index (χ1v) is 7.93. The van der Waals surface area contributed by atoms with Crippen molar-refractivity contribution in [2.45, 2.75) is 32.3 Å². The van der Waals surface area contributed by atoms with Crippen molar-refractivity contribution in [1.29, 1.82) is 0 Å². The van der Waals surface area contributed by atoms with Crippen LogP contribution in [0.3, 0.4) is 0 Å². The summed E-state index contributed by atoms with van der Waals surface area (Å²) in [5.41, 5.74) is 0.756. The molecule has 2 atom stereocenters. The summed E-state index contributed by atoms with van der Waals surface area (Å²) in [7, 11) is 0. The number of amides is 2. The highest BCUT2D eigenvalue weighted by molar-refractivity contribution is 6.30. The number of carbonyl (C=O) groups excluding carboxylic acids is 2. The van der Waals surface area contributed by atoms with E-state index in [-0.39, 0.29) is 11.8 Å². The maximum absolute atomic E-state index is 12.4. The summed E-state index contributed by atoms with van der Waals surface area (Å²) >= 11 is 5.84. The molecule has 0 aliphatic carbocycles. The van der Waals surface area contributed by atoms with E-state index < -0.39 is 12.0 Å². The van der Waals surface area contributed by atoms with E-state index in [2.05, 4.69) is 5.32 Å². The van der Waals surface area contributed by atoms with Gasteiger partial charge < -0.3 is 15.3 Å². The second-order valence-corrected chi connectivity index (χ2v) is 5.89. The first kappa shape index (κ1) is 16.8. The van der Waals surface area contributed by atoms with Crippen molar-refractivity contribution < 1.29 is 14.7 Å². The van der Waals surface area contributed by atoms with E-state index in [1.165, 1.54) is 0 Å². The first-order valence-electron chi connectivity index (χ1n) is 7.55. The van der Waals surface area contributed by atoms with Crippen LogP contribution in [0.15, 0.2) is 24.3 Å². The van der Waals surface area contributed by atoms with Gasteiger partial charge in [-0.3, -0.25) is 9.59 Å². The molecule has 5 nitrogen and oxygen atoms in total. The molecule has 1 fully saturated rings. The average molecular weight is 325 g/mol. The maximum Gasteiger partial charge on any atom is 0.239 e. The van der Waals surface area contributed by atoms with Crippen LogP contribution in [0.1, 0.15) is 26.2 Å². The molecule has 0 radical (unpaired) electrons. The number of aliphatic hydroxyl groups excluding tert-OH is 1. The molecule has 2 rings (SSSR count). The fourth-order valence-electron chi connectivity index (χ4n) is 2.49. The van der Waals surface area contributed by atoms with Crippen molar-refractivity contribution >= 4 is 29.1 Å². The van der Waals surface area contributed by atoms with Gasteiger partial charge in [0.1, 0.15) is 5.92 Å². The summed E-state index contributed by atoms with van der Waals surface area (Å²) in [5.74, 6) is -1.09. The molecule has 22 heavy (non-hydrogen) atoms. The summed E-state index contributed by atoms with van der Waals surface area (Å²) in [6.07, 6.45) is 1.25. The van der Waals surface area contributed by atoms with Crippen LogP contribution >= 0.6 is 11.6 Å². The van der Waals surface area contributed by atoms with E-state index in [9.17, 15) is 14.7 Å². The molecule has 6 heteroatoms. The number of aliphatic hydroxyl groups is 1. The Balaban J connectivity index is 1.90. The van der Waals surface area contributed by atoms with Gasteiger partial charge in [0.25, 0.3) is 0 Å². The van der Waals surface area contributed by atoms with E-state index in [1.807, 2.05) is 6.92 Å². The fourth-order valence-corrected chi connectivity index (χ4v) is 2.62. The Morgan fingerprint density at radius 1 is 1.45 bits per heavy atom. The number of anilines is 1. The quantitative estimate of drug-likeness (QED) is 0.786. The molecule has 2 unspecified atom stereocenters. The van der Waals surface area contributed by atoms with Gasteiger partial charge in [0, 0.05) is 23.8 Å². The molecular formula is C16H21ClN2O3. The minimum atomic E-state index is -0.644. The molecule has 1 aromatic rings. The number of benzene rings is 1. The van der Waals surface area contributed by atoms with E-state index >= 15 is 0 Å². The number of carbonyl (C=O) groups is 2. The fraction of sp³-hybridized carbons (Fsp3) is 0.500. The zero-order valence-corrected chi connectivity index (χ0v) is 13.3. The third-order valence-corrected chi connectivity index (χ3v) is 4.16. The van der Waals surface area contributed by atoms with Gasteiger partial charge in [0.15, 0.2) is 0 Å². The van der Waals surface area contributed by atoms with E-state index in [0.29, 0.717) is 37.4 Å². The van der Waals surface area contributed by atoms with E-state index in [1.54, 1.807) is 29.2 Å². The molecule has 1 aromatic carbocycles. The standard InChI is InChI=1S/C16H21ClN2O3/c1-2-13(20)7-9-18-15(21)14-8-10-19(16(14)22)12-5-3-11(17)4-6-12/h3-6,13-14,20H,2,7-10H2,1H3,(H,18,21). The Bertz CT molecular complexity index is 533. The largest absolute Gasteiger partial charge is 0.393 e. The highest BCUT2D eigenvalue weighted by atomic mass is 35.5. The first-order chi connectivity index (χ1) is 10.5. The molecule has 0 aromatic heterocycles. The zero-order chi connectivity index (χ0) is 16.1. The maximum atomic E-state index is 12.4. The molecule has 1 saturated heterocycles. The van der Waals surface area contributed by atoms with Gasteiger partial charge in [-0.15, -0.1) is 0 Å². The van der Waals surface area contributed by atoms with Crippen molar-refractivity contribution in [3.63, 3.8) is 0 Å². The smallest absolute Gasteiger partial charge is 0.239 e. The van der Waals surface area contributed by atoms with Crippen LogP contribution in [0.4, 0.5) is 5.69 Å². The lowest BCUT2D eigenvalue weighted by Crippen LogP contribution is -2.37. The van der Waals surface area contributed by atoms with Gasteiger partial charge >= 0.3 is 0 Å². The molecule has 120 valence electrons. The number of nitrogens with zero attached hydrogens (tertiary/aromatic N) is 1. The Hall–Kier alpha value is -1.59. The van der Waals surface area contributed by atoms with Crippen molar-refractivity contribution in [3.8, 4) is 0 Å². The summed E-state index contributed by atoms with van der Waals surface area (Å²) in [6, 6.07) is 7.00. The lowest BCUT2D eigenvalue weighted by Gasteiger charge is -2.17. The molecule has 0 bridgehead atoms. The Morgan fingerprint density at radius 2 is 2.14 bits per heavy atom.